The van der Waals surface area contributed by atoms with E-state index < -0.39 is 0 Å². The van der Waals surface area contributed by atoms with Gasteiger partial charge in [0.1, 0.15) is 0 Å². The van der Waals surface area contributed by atoms with Crippen LogP contribution in [0.1, 0.15) is 11.8 Å². The van der Waals surface area contributed by atoms with E-state index in [0.717, 1.165) is 15.9 Å². The van der Waals surface area contributed by atoms with Gasteiger partial charge in [-0.05, 0) is 28.5 Å². The summed E-state index contributed by atoms with van der Waals surface area (Å²) in [5.41, 5.74) is 0. The van der Waals surface area contributed by atoms with E-state index in [1.54, 1.807) is 11.3 Å². The van der Waals surface area contributed by atoms with Crippen molar-refractivity contribution in [1.29, 1.82) is 0 Å². The normalized spacial score (nSPS) is 10.3. The van der Waals surface area contributed by atoms with Gasteiger partial charge in [-0.3, -0.25) is 4.79 Å². The average molecular weight is 262 g/mol. The number of nitrogens with one attached hydrogen (secondary N) is 1. The van der Waals surface area contributed by atoms with E-state index in [9.17, 15) is 4.79 Å². The molecule has 0 aromatic carbocycles. The van der Waals surface area contributed by atoms with Gasteiger partial charge in [0.15, 0.2) is 5.78 Å². The van der Waals surface area contributed by atoms with Crippen LogP contribution in [0.2, 0.25) is 0 Å². The molecule has 13 heavy (non-hydrogen) atoms. The molecule has 0 saturated carbocycles. The summed E-state index contributed by atoms with van der Waals surface area (Å²) < 4.78 is 1.06. The highest BCUT2D eigenvalue weighted by atomic mass is 79.9. The minimum atomic E-state index is 0.246. The van der Waals surface area contributed by atoms with E-state index in [4.69, 9.17) is 0 Å². The highest BCUT2D eigenvalue weighted by molar-refractivity contribution is 9.10. The predicted molar refractivity (Wildman–Crippen MR) is 59.3 cm³/mol. The van der Waals surface area contributed by atoms with Crippen molar-refractivity contribution >= 4 is 33.0 Å². The summed E-state index contributed by atoms with van der Waals surface area (Å²) in [7, 11) is 0. The third-order valence-electron chi connectivity index (χ3n) is 1.57. The first kappa shape index (κ1) is 10.9. The smallest absolute Gasteiger partial charge is 0.151 e. The molecular weight excluding hydrogens is 250 g/mol. The van der Waals surface area contributed by atoms with E-state index in [1.165, 1.54) is 0 Å². The third-order valence-corrected chi connectivity index (χ3v) is 3.26. The summed E-state index contributed by atoms with van der Waals surface area (Å²) in [5.74, 6) is 0.246. The third kappa shape index (κ3) is 4.02. The summed E-state index contributed by atoms with van der Waals surface area (Å²) in [5, 5.41) is 5.01. The number of hydrogen-bond donors (Lipinski definition) is 1. The minimum Gasteiger partial charge on any atom is -0.310 e. The van der Waals surface area contributed by atoms with Crippen LogP contribution in [-0.2, 0) is 11.2 Å². The second-order valence-corrected chi connectivity index (χ2v) is 4.64. The van der Waals surface area contributed by atoms with Crippen LogP contribution in [0, 0.1) is 0 Å². The molecule has 0 amide bonds. The lowest BCUT2D eigenvalue weighted by molar-refractivity contribution is -0.117. The Kier molecular flexibility index (Phi) is 4.62. The Hall–Kier alpha value is -0.190. The zero-order chi connectivity index (χ0) is 9.68. The van der Waals surface area contributed by atoms with Crippen LogP contribution >= 0.6 is 27.3 Å². The van der Waals surface area contributed by atoms with Crippen molar-refractivity contribution in [2.75, 3.05) is 13.1 Å². The number of halogens is 1. The van der Waals surface area contributed by atoms with Crippen LogP contribution in [0.25, 0.3) is 0 Å². The maximum absolute atomic E-state index is 11.3. The fourth-order valence-electron chi connectivity index (χ4n) is 0.968. The number of Topliss-reactive ketones (excluding diaryl/α,β-unsaturated/α-hetero) is 1. The summed E-state index contributed by atoms with van der Waals surface area (Å²) >= 11 is 4.97. The number of thiophene rings is 1. The number of hydrogen-bond acceptors (Lipinski definition) is 3. The summed E-state index contributed by atoms with van der Waals surface area (Å²) in [6.07, 6.45) is 0.545. The van der Waals surface area contributed by atoms with Crippen molar-refractivity contribution in [2.45, 2.75) is 13.3 Å². The largest absolute Gasteiger partial charge is 0.310 e. The highest BCUT2D eigenvalue weighted by Crippen LogP contribution is 2.19. The molecule has 2 nitrogen and oxygen atoms in total. The molecule has 0 aliphatic heterocycles. The molecule has 0 fully saturated rings. The Balaban J connectivity index is 2.36. The molecule has 0 aliphatic rings. The lowest BCUT2D eigenvalue weighted by atomic mass is 10.2. The molecule has 1 N–H and O–H groups in total. The average Bonchev–Trinajstić information content (AvgIpc) is 2.48. The van der Waals surface area contributed by atoms with Crippen LogP contribution in [-0.4, -0.2) is 18.9 Å². The predicted octanol–water partition coefficient (Wildman–Crippen LogP) is 2.23. The molecule has 0 spiro atoms. The molecular formula is C9H12BrNOS. The number of rotatable bonds is 5. The molecule has 72 valence electrons. The van der Waals surface area contributed by atoms with Gasteiger partial charge in [-0.1, -0.05) is 6.92 Å². The maximum atomic E-state index is 11.3. The lowest BCUT2D eigenvalue weighted by Crippen LogP contribution is -2.23. The first-order valence-corrected chi connectivity index (χ1v) is 5.85. The summed E-state index contributed by atoms with van der Waals surface area (Å²) in [6.45, 7) is 3.32. The Morgan fingerprint density at radius 1 is 1.69 bits per heavy atom. The molecule has 0 atom stereocenters. The SMILES string of the molecule is CCNCC(=O)Cc1cc(Br)cs1. The van der Waals surface area contributed by atoms with Gasteiger partial charge in [-0.15, -0.1) is 11.3 Å². The Bertz CT molecular complexity index is 285. The molecule has 4 heteroatoms. The fourth-order valence-corrected chi connectivity index (χ4v) is 2.45. The molecule has 0 bridgehead atoms. The number of carbonyl (C=O) groups is 1. The van der Waals surface area contributed by atoms with E-state index in [2.05, 4.69) is 21.2 Å². The zero-order valence-electron chi connectivity index (χ0n) is 7.47. The molecule has 1 aromatic heterocycles. The Morgan fingerprint density at radius 3 is 3.00 bits per heavy atom. The van der Waals surface area contributed by atoms with Crippen molar-refractivity contribution in [3.63, 3.8) is 0 Å². The van der Waals surface area contributed by atoms with Crippen LogP contribution in [0.4, 0.5) is 0 Å². The van der Waals surface area contributed by atoms with Gasteiger partial charge in [-0.25, -0.2) is 0 Å². The summed E-state index contributed by atoms with van der Waals surface area (Å²) in [4.78, 5) is 12.4. The standard InChI is InChI=1S/C9H12BrNOS/c1-2-11-5-8(12)4-9-3-7(10)6-13-9/h3,6,11H,2,4-5H2,1H3. The van der Waals surface area contributed by atoms with Crippen molar-refractivity contribution in [3.8, 4) is 0 Å². The van der Waals surface area contributed by atoms with E-state index in [0.29, 0.717) is 13.0 Å². The van der Waals surface area contributed by atoms with Gasteiger partial charge >= 0.3 is 0 Å². The first-order chi connectivity index (χ1) is 6.22. The molecule has 0 saturated heterocycles. The monoisotopic (exact) mass is 261 g/mol. The fraction of sp³-hybridized carbons (Fsp3) is 0.444. The maximum Gasteiger partial charge on any atom is 0.151 e. The lowest BCUT2D eigenvalue weighted by Gasteiger charge is -1.98. The number of ketones is 1. The minimum absolute atomic E-state index is 0.246. The van der Waals surface area contributed by atoms with Crippen molar-refractivity contribution in [1.82, 2.24) is 5.32 Å². The van der Waals surface area contributed by atoms with Gasteiger partial charge in [0.25, 0.3) is 0 Å². The summed E-state index contributed by atoms with van der Waals surface area (Å²) in [6, 6.07) is 1.99. The molecule has 0 unspecified atom stereocenters. The van der Waals surface area contributed by atoms with Gasteiger partial charge in [-0.2, -0.15) is 0 Å². The van der Waals surface area contributed by atoms with E-state index in [1.807, 2.05) is 18.4 Å². The molecule has 0 aliphatic carbocycles. The quantitative estimate of drug-likeness (QED) is 0.881. The van der Waals surface area contributed by atoms with Gasteiger partial charge in [0.05, 0.1) is 6.54 Å². The van der Waals surface area contributed by atoms with Gasteiger partial charge < -0.3 is 5.32 Å². The van der Waals surface area contributed by atoms with E-state index in [-0.39, 0.29) is 5.78 Å². The Morgan fingerprint density at radius 2 is 2.46 bits per heavy atom. The molecule has 1 heterocycles. The van der Waals surface area contributed by atoms with Crippen molar-refractivity contribution in [2.24, 2.45) is 0 Å². The number of carbonyl (C=O) groups excluding carboxylic acids is 1. The second-order valence-electron chi connectivity index (χ2n) is 2.73. The van der Waals surface area contributed by atoms with Crippen molar-refractivity contribution in [3.05, 3.63) is 20.8 Å². The van der Waals surface area contributed by atoms with E-state index >= 15 is 0 Å². The molecule has 1 rings (SSSR count). The van der Waals surface area contributed by atoms with Gasteiger partial charge in [0.2, 0.25) is 0 Å². The number of likely N-dealkylation sites (N-methyl/N-ethyl adjacent to an activating group) is 1. The Labute approximate surface area is 90.5 Å². The zero-order valence-corrected chi connectivity index (χ0v) is 9.87. The topological polar surface area (TPSA) is 29.1 Å². The van der Waals surface area contributed by atoms with Crippen LogP contribution in [0.15, 0.2) is 15.9 Å². The van der Waals surface area contributed by atoms with Crippen molar-refractivity contribution < 1.29 is 4.79 Å². The second kappa shape index (κ2) is 5.52. The first-order valence-electron chi connectivity index (χ1n) is 4.17. The van der Waals surface area contributed by atoms with Crippen LogP contribution in [0.5, 0.6) is 0 Å². The molecule has 0 radical (unpaired) electrons. The molecule has 1 aromatic rings. The highest BCUT2D eigenvalue weighted by Gasteiger charge is 2.04. The van der Waals surface area contributed by atoms with Gasteiger partial charge in [0, 0.05) is 21.2 Å². The van der Waals surface area contributed by atoms with Crippen LogP contribution < -0.4 is 5.32 Å². The van der Waals surface area contributed by atoms with Crippen LogP contribution in [0.3, 0.4) is 0 Å².